The molecule has 1 fully saturated rings. The van der Waals surface area contributed by atoms with E-state index in [0.29, 0.717) is 13.0 Å². The van der Waals surface area contributed by atoms with Crippen LogP contribution in [0.25, 0.3) is 0 Å². The number of carbonyl (C=O) groups is 2. The molecule has 0 aromatic heterocycles. The molecule has 0 aliphatic heterocycles. The Labute approximate surface area is 103 Å². The molecule has 3 heteroatoms. The molecule has 0 saturated heterocycles. The number of unbranched alkanes of at least 4 members (excludes halogenated alkanes) is 1. The molecule has 0 aromatic rings. The van der Waals surface area contributed by atoms with Gasteiger partial charge in [0.25, 0.3) is 0 Å². The Balaban J connectivity index is 2.43. The quantitative estimate of drug-likeness (QED) is 0.482. The number of carbonyl (C=O) groups excluding carboxylic acids is 2. The Hall–Kier alpha value is -1.12. The standard InChI is InChI=1S/C14H22O3/c1-4-7-8-10(5-2)13(15)11-9-12(11)14(16)17-6-3/h5,10-12H,2,4,6-9H2,1,3H3. The number of hydrogen-bond donors (Lipinski definition) is 0. The zero-order valence-electron chi connectivity index (χ0n) is 10.8. The van der Waals surface area contributed by atoms with Gasteiger partial charge in [0.2, 0.25) is 0 Å². The van der Waals surface area contributed by atoms with E-state index in [1.54, 1.807) is 13.0 Å². The lowest BCUT2D eigenvalue weighted by Gasteiger charge is -2.10. The fourth-order valence-electron chi connectivity index (χ4n) is 2.09. The second-order valence-electron chi connectivity index (χ2n) is 4.59. The van der Waals surface area contributed by atoms with Crippen molar-refractivity contribution < 1.29 is 14.3 Å². The van der Waals surface area contributed by atoms with E-state index < -0.39 is 0 Å². The molecule has 1 rings (SSSR count). The molecule has 0 aromatic carbocycles. The third kappa shape index (κ3) is 3.69. The minimum absolute atomic E-state index is 0.0839. The maximum atomic E-state index is 12.1. The lowest BCUT2D eigenvalue weighted by atomic mass is 9.94. The van der Waals surface area contributed by atoms with Crippen molar-refractivity contribution in [3.8, 4) is 0 Å². The summed E-state index contributed by atoms with van der Waals surface area (Å²) in [7, 11) is 0. The van der Waals surface area contributed by atoms with Crippen molar-refractivity contribution in [3.05, 3.63) is 12.7 Å². The largest absolute Gasteiger partial charge is 0.466 e. The summed E-state index contributed by atoms with van der Waals surface area (Å²) < 4.78 is 4.92. The Bertz CT molecular complexity index is 296. The van der Waals surface area contributed by atoms with Gasteiger partial charge in [-0.1, -0.05) is 25.8 Å². The van der Waals surface area contributed by atoms with Gasteiger partial charge in [0.15, 0.2) is 0 Å². The molecule has 0 bridgehead atoms. The van der Waals surface area contributed by atoms with Gasteiger partial charge < -0.3 is 4.74 Å². The van der Waals surface area contributed by atoms with E-state index >= 15 is 0 Å². The summed E-state index contributed by atoms with van der Waals surface area (Å²) in [6, 6.07) is 0. The van der Waals surface area contributed by atoms with Gasteiger partial charge in [-0.05, 0) is 19.8 Å². The molecule has 0 spiro atoms. The topological polar surface area (TPSA) is 43.4 Å². The smallest absolute Gasteiger partial charge is 0.309 e. The van der Waals surface area contributed by atoms with E-state index in [-0.39, 0.29) is 29.5 Å². The predicted octanol–water partition coefficient (Wildman–Crippen LogP) is 2.75. The van der Waals surface area contributed by atoms with Crippen LogP contribution in [-0.4, -0.2) is 18.4 Å². The monoisotopic (exact) mass is 238 g/mol. The number of ketones is 1. The van der Waals surface area contributed by atoms with Gasteiger partial charge in [-0.2, -0.15) is 0 Å². The Kier molecular flexibility index (Phi) is 5.39. The zero-order chi connectivity index (χ0) is 12.8. The summed E-state index contributed by atoms with van der Waals surface area (Å²) in [6.45, 7) is 7.98. The highest BCUT2D eigenvalue weighted by Gasteiger charge is 2.49. The maximum absolute atomic E-state index is 12.1. The van der Waals surface area contributed by atoms with E-state index in [0.717, 1.165) is 19.3 Å². The van der Waals surface area contributed by atoms with Crippen LogP contribution in [0.5, 0.6) is 0 Å². The molecular formula is C14H22O3. The minimum atomic E-state index is -0.218. The first-order chi connectivity index (χ1) is 8.15. The van der Waals surface area contributed by atoms with Crippen molar-refractivity contribution in [2.24, 2.45) is 17.8 Å². The molecular weight excluding hydrogens is 216 g/mol. The lowest BCUT2D eigenvalue weighted by molar-refractivity contribution is -0.146. The first kappa shape index (κ1) is 13.9. The number of hydrogen-bond acceptors (Lipinski definition) is 3. The molecule has 1 aliphatic rings. The van der Waals surface area contributed by atoms with E-state index in [2.05, 4.69) is 13.5 Å². The highest BCUT2D eigenvalue weighted by Crippen LogP contribution is 2.42. The fourth-order valence-corrected chi connectivity index (χ4v) is 2.09. The van der Waals surface area contributed by atoms with Gasteiger partial charge in [0.05, 0.1) is 12.5 Å². The highest BCUT2D eigenvalue weighted by atomic mass is 16.5. The van der Waals surface area contributed by atoms with Crippen LogP contribution in [0.15, 0.2) is 12.7 Å². The lowest BCUT2D eigenvalue weighted by Crippen LogP contribution is -2.18. The van der Waals surface area contributed by atoms with Crippen LogP contribution in [0.1, 0.15) is 39.5 Å². The highest BCUT2D eigenvalue weighted by molar-refractivity contribution is 5.93. The molecule has 17 heavy (non-hydrogen) atoms. The van der Waals surface area contributed by atoms with Crippen molar-refractivity contribution in [2.75, 3.05) is 6.61 Å². The molecule has 0 radical (unpaired) electrons. The van der Waals surface area contributed by atoms with Crippen molar-refractivity contribution >= 4 is 11.8 Å². The van der Waals surface area contributed by atoms with Crippen molar-refractivity contribution in [2.45, 2.75) is 39.5 Å². The Morgan fingerprint density at radius 3 is 2.65 bits per heavy atom. The molecule has 0 N–H and O–H groups in total. The SMILES string of the molecule is C=CC(CCCC)C(=O)C1CC1C(=O)OCC. The molecule has 96 valence electrons. The molecule has 1 saturated carbocycles. The Morgan fingerprint density at radius 2 is 2.12 bits per heavy atom. The summed E-state index contributed by atoms with van der Waals surface area (Å²) in [4.78, 5) is 23.5. The number of Topliss-reactive ketones (excluding diaryl/α,β-unsaturated/α-hetero) is 1. The second-order valence-corrected chi connectivity index (χ2v) is 4.59. The van der Waals surface area contributed by atoms with Crippen molar-refractivity contribution in [3.63, 3.8) is 0 Å². The summed E-state index contributed by atoms with van der Waals surface area (Å²) in [5.74, 6) is -0.435. The second kappa shape index (κ2) is 6.58. The van der Waals surface area contributed by atoms with Crippen LogP contribution < -0.4 is 0 Å². The average Bonchev–Trinajstić information content (AvgIpc) is 3.10. The first-order valence-corrected chi connectivity index (χ1v) is 6.48. The van der Waals surface area contributed by atoms with Gasteiger partial charge in [0, 0.05) is 11.8 Å². The third-order valence-corrected chi connectivity index (χ3v) is 3.26. The molecule has 3 nitrogen and oxygen atoms in total. The maximum Gasteiger partial charge on any atom is 0.309 e. The summed E-state index contributed by atoms with van der Waals surface area (Å²) in [6.07, 6.45) is 5.33. The predicted molar refractivity (Wildman–Crippen MR) is 66.4 cm³/mol. The van der Waals surface area contributed by atoms with E-state index in [9.17, 15) is 9.59 Å². The van der Waals surface area contributed by atoms with Crippen LogP contribution in [0.3, 0.4) is 0 Å². The van der Waals surface area contributed by atoms with Gasteiger partial charge in [0.1, 0.15) is 5.78 Å². The summed E-state index contributed by atoms with van der Waals surface area (Å²) in [5.41, 5.74) is 0. The van der Waals surface area contributed by atoms with Crippen LogP contribution in [0.2, 0.25) is 0 Å². The van der Waals surface area contributed by atoms with Crippen molar-refractivity contribution in [1.82, 2.24) is 0 Å². The molecule has 1 aliphatic carbocycles. The zero-order valence-corrected chi connectivity index (χ0v) is 10.8. The molecule has 0 amide bonds. The van der Waals surface area contributed by atoms with Gasteiger partial charge in [-0.25, -0.2) is 0 Å². The number of allylic oxidation sites excluding steroid dienone is 1. The van der Waals surface area contributed by atoms with Crippen LogP contribution in [0.4, 0.5) is 0 Å². The van der Waals surface area contributed by atoms with Gasteiger partial charge in [-0.15, -0.1) is 6.58 Å². The van der Waals surface area contributed by atoms with E-state index in [1.807, 2.05) is 0 Å². The van der Waals surface area contributed by atoms with Gasteiger partial charge >= 0.3 is 5.97 Å². The molecule has 0 heterocycles. The summed E-state index contributed by atoms with van der Waals surface area (Å²) in [5, 5.41) is 0. The fraction of sp³-hybridized carbons (Fsp3) is 0.714. The minimum Gasteiger partial charge on any atom is -0.466 e. The molecule has 3 unspecified atom stereocenters. The van der Waals surface area contributed by atoms with Crippen LogP contribution in [0, 0.1) is 17.8 Å². The summed E-state index contributed by atoms with van der Waals surface area (Å²) >= 11 is 0. The number of rotatable bonds is 8. The third-order valence-electron chi connectivity index (χ3n) is 3.26. The first-order valence-electron chi connectivity index (χ1n) is 6.48. The van der Waals surface area contributed by atoms with E-state index in [1.165, 1.54) is 0 Å². The van der Waals surface area contributed by atoms with Crippen LogP contribution >= 0.6 is 0 Å². The van der Waals surface area contributed by atoms with Crippen LogP contribution in [-0.2, 0) is 14.3 Å². The Morgan fingerprint density at radius 1 is 1.41 bits per heavy atom. The molecule has 3 atom stereocenters. The normalized spacial score (nSPS) is 23.9. The number of esters is 1. The van der Waals surface area contributed by atoms with Crippen molar-refractivity contribution in [1.29, 1.82) is 0 Å². The number of ether oxygens (including phenoxy) is 1. The average molecular weight is 238 g/mol. The van der Waals surface area contributed by atoms with E-state index in [4.69, 9.17) is 4.74 Å². The van der Waals surface area contributed by atoms with Gasteiger partial charge in [-0.3, -0.25) is 9.59 Å².